The number of thiophene rings is 1. The van der Waals surface area contributed by atoms with Gasteiger partial charge in [-0.2, -0.15) is 0 Å². The Hall–Kier alpha value is -0.380. The molecule has 0 amide bonds. The van der Waals surface area contributed by atoms with Gasteiger partial charge < -0.3 is 15.5 Å². The molecule has 2 fully saturated rings. The summed E-state index contributed by atoms with van der Waals surface area (Å²) >= 11 is 1.89. The summed E-state index contributed by atoms with van der Waals surface area (Å²) in [5.41, 5.74) is 0. The molecule has 0 saturated carbocycles. The van der Waals surface area contributed by atoms with E-state index in [0.29, 0.717) is 12.0 Å². The molecule has 28 heavy (non-hydrogen) atoms. The number of hydrogen-bond donors (Lipinski definition) is 2. The Morgan fingerprint density at radius 1 is 1.25 bits per heavy atom. The van der Waals surface area contributed by atoms with Gasteiger partial charge in [-0.15, -0.1) is 35.3 Å². The predicted molar refractivity (Wildman–Crippen MR) is 132 cm³/mol. The molecule has 160 valence electrons. The fraction of sp³-hybridized carbons (Fsp3) is 0.762. The molecule has 0 bridgehead atoms. The number of rotatable bonds is 7. The molecule has 3 unspecified atom stereocenters. The number of nitrogens with one attached hydrogen (secondary N) is 2. The third-order valence-corrected chi connectivity index (χ3v) is 7.01. The predicted octanol–water partition coefficient (Wildman–Crippen LogP) is 3.65. The van der Waals surface area contributed by atoms with Gasteiger partial charge >= 0.3 is 0 Å². The van der Waals surface area contributed by atoms with Crippen LogP contribution in [0.4, 0.5) is 0 Å². The number of nitrogens with zero attached hydrogens (tertiary/aromatic N) is 3. The first-order valence-electron chi connectivity index (χ1n) is 10.6. The lowest BCUT2D eigenvalue weighted by Gasteiger charge is -2.39. The van der Waals surface area contributed by atoms with E-state index in [4.69, 9.17) is 0 Å². The van der Waals surface area contributed by atoms with Crippen molar-refractivity contribution in [2.45, 2.75) is 38.6 Å². The smallest absolute Gasteiger partial charge is 0.190 e. The molecule has 3 heterocycles. The molecule has 2 aliphatic heterocycles. The van der Waals surface area contributed by atoms with Gasteiger partial charge in [0.05, 0.1) is 0 Å². The molecular weight excluding hydrogens is 481 g/mol. The van der Waals surface area contributed by atoms with Crippen LogP contribution in [0, 0.1) is 11.8 Å². The number of hydrogen-bond acceptors (Lipinski definition) is 4. The normalized spacial score (nSPS) is 26.8. The van der Waals surface area contributed by atoms with Gasteiger partial charge in [0.1, 0.15) is 0 Å². The fourth-order valence-corrected chi connectivity index (χ4v) is 5.65. The summed E-state index contributed by atoms with van der Waals surface area (Å²) in [5.74, 6) is 2.34. The summed E-state index contributed by atoms with van der Waals surface area (Å²) in [6, 6.07) is 5.00. The molecule has 5 nitrogen and oxygen atoms in total. The van der Waals surface area contributed by atoms with E-state index < -0.39 is 0 Å². The average molecular weight is 520 g/mol. The van der Waals surface area contributed by atoms with Gasteiger partial charge in [-0.05, 0) is 75.6 Å². The minimum Gasteiger partial charge on any atom is -0.356 e. The largest absolute Gasteiger partial charge is 0.356 e. The minimum atomic E-state index is 0. The second-order valence-corrected chi connectivity index (χ2v) is 9.11. The van der Waals surface area contributed by atoms with E-state index in [-0.39, 0.29) is 24.0 Å². The van der Waals surface area contributed by atoms with Crippen LogP contribution >= 0.6 is 35.3 Å². The maximum atomic E-state index is 4.47. The molecule has 3 atom stereocenters. The molecule has 7 heteroatoms. The summed E-state index contributed by atoms with van der Waals surface area (Å²) in [6.45, 7) is 9.20. The molecular formula is C21H38IN5S. The molecule has 1 aromatic heterocycles. The van der Waals surface area contributed by atoms with Gasteiger partial charge in [-0.25, -0.2) is 0 Å². The third kappa shape index (κ3) is 6.57. The summed E-state index contributed by atoms with van der Waals surface area (Å²) < 4.78 is 0. The van der Waals surface area contributed by atoms with E-state index in [2.05, 4.69) is 56.9 Å². The number of likely N-dealkylation sites (tertiary alicyclic amines) is 2. The first kappa shape index (κ1) is 23.9. The van der Waals surface area contributed by atoms with Crippen molar-refractivity contribution in [3.05, 3.63) is 22.4 Å². The number of guanidine groups is 1. The van der Waals surface area contributed by atoms with Crippen LogP contribution < -0.4 is 10.6 Å². The molecule has 1 aromatic rings. The minimum absolute atomic E-state index is 0. The Morgan fingerprint density at radius 3 is 2.79 bits per heavy atom. The van der Waals surface area contributed by atoms with E-state index in [0.717, 1.165) is 25.0 Å². The van der Waals surface area contributed by atoms with Crippen LogP contribution in [0.15, 0.2) is 22.5 Å². The first-order chi connectivity index (χ1) is 13.2. The van der Waals surface area contributed by atoms with Crippen molar-refractivity contribution in [1.82, 2.24) is 20.4 Å². The van der Waals surface area contributed by atoms with E-state index >= 15 is 0 Å². The lowest BCUT2D eigenvalue weighted by Crippen LogP contribution is -2.45. The zero-order chi connectivity index (χ0) is 19.1. The van der Waals surface area contributed by atoms with Crippen molar-refractivity contribution in [1.29, 1.82) is 0 Å². The Kier molecular flexibility index (Phi) is 10.5. The second kappa shape index (κ2) is 12.3. The third-order valence-electron chi connectivity index (χ3n) is 6.07. The summed E-state index contributed by atoms with van der Waals surface area (Å²) in [5, 5.41) is 9.39. The van der Waals surface area contributed by atoms with Crippen LogP contribution in [-0.4, -0.2) is 69.1 Å². The molecule has 0 radical (unpaired) electrons. The highest BCUT2D eigenvalue weighted by atomic mass is 127. The molecule has 3 rings (SSSR count). The van der Waals surface area contributed by atoms with E-state index in [9.17, 15) is 0 Å². The van der Waals surface area contributed by atoms with Gasteiger partial charge in [0.2, 0.25) is 0 Å². The van der Waals surface area contributed by atoms with E-state index in [1.165, 1.54) is 56.7 Å². The maximum absolute atomic E-state index is 4.47. The van der Waals surface area contributed by atoms with Crippen molar-refractivity contribution >= 4 is 41.3 Å². The number of halogens is 1. The zero-order valence-electron chi connectivity index (χ0n) is 17.7. The molecule has 0 aromatic carbocycles. The standard InChI is InChI=1S/C21H37N5S.HI/c1-4-10-26-12-9-17(16-26)14-23-21(22-2)24-15-18-7-5-11-25(3)20(18)19-8-6-13-27-19;/h6,8,13,17-18,20H,4-5,7,9-12,14-16H2,1-3H3,(H2,22,23,24);1H. The van der Waals surface area contributed by atoms with Crippen molar-refractivity contribution in [2.24, 2.45) is 16.8 Å². The number of aliphatic imine (C=N–C) groups is 1. The SMILES string of the molecule is CCCN1CCC(CNC(=NC)NCC2CCCN(C)C2c2cccs2)C1.I. The highest BCUT2D eigenvalue weighted by molar-refractivity contribution is 14.0. The summed E-state index contributed by atoms with van der Waals surface area (Å²) in [4.78, 5) is 11.1. The zero-order valence-corrected chi connectivity index (χ0v) is 20.8. The van der Waals surface area contributed by atoms with Crippen molar-refractivity contribution in [3.8, 4) is 0 Å². The van der Waals surface area contributed by atoms with E-state index in [1.54, 1.807) is 0 Å². The van der Waals surface area contributed by atoms with Crippen LogP contribution in [0.1, 0.15) is 43.5 Å². The lowest BCUT2D eigenvalue weighted by atomic mass is 9.88. The van der Waals surface area contributed by atoms with Gasteiger partial charge in [0.15, 0.2) is 5.96 Å². The fourth-order valence-electron chi connectivity index (χ4n) is 4.67. The molecule has 0 spiro atoms. The Morgan fingerprint density at radius 2 is 2.07 bits per heavy atom. The lowest BCUT2D eigenvalue weighted by molar-refractivity contribution is 0.125. The Bertz CT molecular complexity index is 579. The van der Waals surface area contributed by atoms with Gasteiger partial charge in [0, 0.05) is 37.6 Å². The van der Waals surface area contributed by atoms with Crippen LogP contribution in [0.2, 0.25) is 0 Å². The van der Waals surface area contributed by atoms with Crippen LogP contribution in [0.5, 0.6) is 0 Å². The average Bonchev–Trinajstić information content (AvgIpc) is 3.34. The molecule has 2 saturated heterocycles. The van der Waals surface area contributed by atoms with Crippen molar-refractivity contribution in [3.63, 3.8) is 0 Å². The first-order valence-corrected chi connectivity index (χ1v) is 11.5. The Balaban J connectivity index is 0.00000280. The molecule has 2 aliphatic rings. The highest BCUT2D eigenvalue weighted by Gasteiger charge is 2.31. The van der Waals surface area contributed by atoms with Gasteiger partial charge in [0.25, 0.3) is 0 Å². The van der Waals surface area contributed by atoms with Gasteiger partial charge in [-0.1, -0.05) is 13.0 Å². The van der Waals surface area contributed by atoms with Crippen LogP contribution in [0.25, 0.3) is 0 Å². The topological polar surface area (TPSA) is 42.9 Å². The summed E-state index contributed by atoms with van der Waals surface area (Å²) in [6.07, 6.45) is 5.13. The van der Waals surface area contributed by atoms with E-state index in [1.807, 2.05) is 18.4 Å². The Labute approximate surface area is 192 Å². The molecule has 0 aliphatic carbocycles. The summed E-state index contributed by atoms with van der Waals surface area (Å²) in [7, 11) is 4.16. The highest BCUT2D eigenvalue weighted by Crippen LogP contribution is 2.36. The van der Waals surface area contributed by atoms with Crippen LogP contribution in [0.3, 0.4) is 0 Å². The van der Waals surface area contributed by atoms with Crippen LogP contribution in [-0.2, 0) is 0 Å². The second-order valence-electron chi connectivity index (χ2n) is 8.13. The van der Waals surface area contributed by atoms with Gasteiger partial charge in [-0.3, -0.25) is 9.89 Å². The maximum Gasteiger partial charge on any atom is 0.190 e. The van der Waals surface area contributed by atoms with Crippen molar-refractivity contribution < 1.29 is 0 Å². The van der Waals surface area contributed by atoms with Crippen molar-refractivity contribution in [2.75, 3.05) is 53.4 Å². The quantitative estimate of drug-likeness (QED) is 0.328. The number of piperidine rings is 1. The molecule has 2 N–H and O–H groups in total. The monoisotopic (exact) mass is 519 g/mol.